The summed E-state index contributed by atoms with van der Waals surface area (Å²) in [4.78, 5) is 15.5. The smallest absolute Gasteiger partial charge is 0.237 e. The Labute approximate surface area is 140 Å². The van der Waals surface area contributed by atoms with Gasteiger partial charge in [-0.25, -0.2) is 0 Å². The fraction of sp³-hybridized carbons (Fsp3) is 0.211. The maximum Gasteiger partial charge on any atom is 0.237 e. The number of methoxy groups -OCH3 is 1. The van der Waals surface area contributed by atoms with Crippen molar-refractivity contribution >= 4 is 16.8 Å². The standard InChI is InChI=1S/C19H21N3O2/c1-24-18-9-5-2-6-13(18)11-22-19(23)16(20)10-14-12-21-17-8-4-3-7-15(14)17/h2-9,12,16,21H,10-11,20H2,1H3,(H,22,23)/t16-/m1/s1. The number of hydrogen-bond acceptors (Lipinski definition) is 3. The number of carbonyl (C=O) groups is 1. The Hall–Kier alpha value is -2.79. The second-order valence-corrected chi connectivity index (χ2v) is 5.70. The summed E-state index contributed by atoms with van der Waals surface area (Å²) < 4.78 is 5.28. The van der Waals surface area contributed by atoms with Crippen LogP contribution in [0.3, 0.4) is 0 Å². The average Bonchev–Trinajstić information content (AvgIpc) is 3.03. The minimum absolute atomic E-state index is 0.175. The van der Waals surface area contributed by atoms with E-state index in [1.54, 1.807) is 7.11 Å². The van der Waals surface area contributed by atoms with E-state index in [4.69, 9.17) is 10.5 Å². The number of nitrogens with two attached hydrogens (primary N) is 1. The van der Waals surface area contributed by atoms with Crippen LogP contribution in [0.25, 0.3) is 10.9 Å². The van der Waals surface area contributed by atoms with Crippen LogP contribution < -0.4 is 15.8 Å². The van der Waals surface area contributed by atoms with E-state index in [0.717, 1.165) is 27.8 Å². The van der Waals surface area contributed by atoms with Crippen molar-refractivity contribution in [2.24, 2.45) is 5.73 Å². The number of H-pyrrole nitrogens is 1. The number of carbonyl (C=O) groups excluding carboxylic acids is 1. The molecule has 1 heterocycles. The minimum Gasteiger partial charge on any atom is -0.496 e. The second-order valence-electron chi connectivity index (χ2n) is 5.70. The molecular formula is C19H21N3O2. The topological polar surface area (TPSA) is 80.1 Å². The number of nitrogens with one attached hydrogen (secondary N) is 2. The molecule has 1 atom stereocenters. The van der Waals surface area contributed by atoms with Crippen LogP contribution in [0, 0.1) is 0 Å². The van der Waals surface area contributed by atoms with Gasteiger partial charge in [-0.1, -0.05) is 36.4 Å². The number of fused-ring (bicyclic) bond motifs is 1. The second kappa shape index (κ2) is 7.19. The Morgan fingerprint density at radius 2 is 1.92 bits per heavy atom. The highest BCUT2D eigenvalue weighted by molar-refractivity contribution is 5.86. The van der Waals surface area contributed by atoms with E-state index in [1.807, 2.05) is 54.7 Å². The van der Waals surface area contributed by atoms with E-state index in [-0.39, 0.29) is 5.91 Å². The zero-order valence-electron chi connectivity index (χ0n) is 13.6. The molecule has 1 amide bonds. The quantitative estimate of drug-likeness (QED) is 0.651. The van der Waals surface area contributed by atoms with Crippen LogP contribution in [0.2, 0.25) is 0 Å². The zero-order valence-corrected chi connectivity index (χ0v) is 13.6. The van der Waals surface area contributed by atoms with E-state index in [0.29, 0.717) is 13.0 Å². The maximum absolute atomic E-state index is 12.3. The third-order valence-corrected chi connectivity index (χ3v) is 4.10. The summed E-state index contributed by atoms with van der Waals surface area (Å²) in [6.07, 6.45) is 2.40. The van der Waals surface area contributed by atoms with Crippen molar-refractivity contribution in [2.45, 2.75) is 19.0 Å². The van der Waals surface area contributed by atoms with Crippen LogP contribution in [-0.4, -0.2) is 24.0 Å². The molecule has 1 aromatic heterocycles. The predicted octanol–water partition coefficient (Wildman–Crippen LogP) is 2.36. The lowest BCUT2D eigenvalue weighted by atomic mass is 10.0. The molecule has 0 radical (unpaired) electrons. The van der Waals surface area contributed by atoms with Gasteiger partial charge in [-0.05, 0) is 24.1 Å². The molecule has 24 heavy (non-hydrogen) atoms. The summed E-state index contributed by atoms with van der Waals surface area (Å²) in [5.41, 5.74) is 9.10. The van der Waals surface area contributed by atoms with Gasteiger partial charge in [0.2, 0.25) is 5.91 Å². The third-order valence-electron chi connectivity index (χ3n) is 4.10. The molecule has 3 aromatic rings. The SMILES string of the molecule is COc1ccccc1CNC(=O)[C@H](N)Cc1c[nH]c2ccccc12. The summed E-state index contributed by atoms with van der Waals surface area (Å²) in [7, 11) is 1.61. The van der Waals surface area contributed by atoms with Gasteiger partial charge in [0.15, 0.2) is 0 Å². The van der Waals surface area contributed by atoms with Gasteiger partial charge < -0.3 is 20.8 Å². The molecule has 0 aliphatic carbocycles. The van der Waals surface area contributed by atoms with Crippen molar-refractivity contribution in [3.05, 3.63) is 65.9 Å². The van der Waals surface area contributed by atoms with E-state index < -0.39 is 6.04 Å². The Bertz CT molecular complexity index is 841. The number of aromatic amines is 1. The van der Waals surface area contributed by atoms with Crippen molar-refractivity contribution in [3.8, 4) is 5.75 Å². The fourth-order valence-corrected chi connectivity index (χ4v) is 2.79. The normalized spacial score (nSPS) is 12.1. The van der Waals surface area contributed by atoms with Gasteiger partial charge in [-0.3, -0.25) is 4.79 Å². The lowest BCUT2D eigenvalue weighted by Gasteiger charge is -2.13. The molecule has 0 saturated heterocycles. The number of hydrogen-bond donors (Lipinski definition) is 3. The van der Waals surface area contributed by atoms with Crippen LogP contribution in [0.1, 0.15) is 11.1 Å². The van der Waals surface area contributed by atoms with Gasteiger partial charge in [0, 0.05) is 29.2 Å². The van der Waals surface area contributed by atoms with Crippen LogP contribution in [0.5, 0.6) is 5.75 Å². The highest BCUT2D eigenvalue weighted by Gasteiger charge is 2.16. The van der Waals surface area contributed by atoms with Crippen molar-refractivity contribution in [1.82, 2.24) is 10.3 Å². The number of aromatic nitrogens is 1. The monoisotopic (exact) mass is 323 g/mol. The van der Waals surface area contributed by atoms with Crippen molar-refractivity contribution in [2.75, 3.05) is 7.11 Å². The maximum atomic E-state index is 12.3. The Balaban J connectivity index is 1.63. The first-order chi connectivity index (χ1) is 11.7. The van der Waals surface area contributed by atoms with Gasteiger partial charge in [0.25, 0.3) is 0 Å². The average molecular weight is 323 g/mol. The molecule has 2 aromatic carbocycles. The molecule has 3 rings (SSSR count). The highest BCUT2D eigenvalue weighted by Crippen LogP contribution is 2.19. The van der Waals surface area contributed by atoms with Gasteiger partial charge in [-0.2, -0.15) is 0 Å². The van der Waals surface area contributed by atoms with Crippen LogP contribution in [0.4, 0.5) is 0 Å². The number of ether oxygens (including phenoxy) is 1. The Kier molecular flexibility index (Phi) is 4.82. The molecule has 0 bridgehead atoms. The van der Waals surface area contributed by atoms with E-state index in [9.17, 15) is 4.79 Å². The van der Waals surface area contributed by atoms with Crippen LogP contribution in [0.15, 0.2) is 54.7 Å². The van der Waals surface area contributed by atoms with Gasteiger partial charge in [0.05, 0.1) is 13.2 Å². The molecule has 0 fully saturated rings. The number of para-hydroxylation sites is 2. The molecular weight excluding hydrogens is 302 g/mol. The van der Waals surface area contributed by atoms with Gasteiger partial charge in [-0.15, -0.1) is 0 Å². The van der Waals surface area contributed by atoms with E-state index in [2.05, 4.69) is 10.3 Å². The first-order valence-electron chi connectivity index (χ1n) is 7.89. The summed E-state index contributed by atoms with van der Waals surface area (Å²) in [6.45, 7) is 0.393. The number of benzene rings is 2. The van der Waals surface area contributed by atoms with Gasteiger partial charge >= 0.3 is 0 Å². The van der Waals surface area contributed by atoms with E-state index in [1.165, 1.54) is 0 Å². The van der Waals surface area contributed by atoms with Crippen molar-refractivity contribution in [1.29, 1.82) is 0 Å². The molecule has 0 saturated carbocycles. The lowest BCUT2D eigenvalue weighted by molar-refractivity contribution is -0.122. The molecule has 5 nitrogen and oxygen atoms in total. The Morgan fingerprint density at radius 1 is 1.17 bits per heavy atom. The summed E-state index contributed by atoms with van der Waals surface area (Å²) in [5, 5.41) is 3.98. The number of rotatable bonds is 6. The molecule has 0 aliphatic rings. The highest BCUT2D eigenvalue weighted by atomic mass is 16.5. The fourth-order valence-electron chi connectivity index (χ4n) is 2.79. The largest absolute Gasteiger partial charge is 0.496 e. The summed E-state index contributed by atoms with van der Waals surface area (Å²) in [6, 6.07) is 15.0. The molecule has 0 unspecified atom stereocenters. The number of amides is 1. The molecule has 0 spiro atoms. The van der Waals surface area contributed by atoms with E-state index >= 15 is 0 Å². The third kappa shape index (κ3) is 3.41. The summed E-state index contributed by atoms with van der Waals surface area (Å²) >= 11 is 0. The lowest BCUT2D eigenvalue weighted by Crippen LogP contribution is -2.41. The van der Waals surface area contributed by atoms with Crippen molar-refractivity contribution < 1.29 is 9.53 Å². The summed E-state index contributed by atoms with van der Waals surface area (Å²) in [5.74, 6) is 0.578. The zero-order chi connectivity index (χ0) is 16.9. The minimum atomic E-state index is -0.598. The Morgan fingerprint density at radius 3 is 2.75 bits per heavy atom. The molecule has 124 valence electrons. The van der Waals surface area contributed by atoms with Crippen LogP contribution >= 0.6 is 0 Å². The van der Waals surface area contributed by atoms with Gasteiger partial charge in [0.1, 0.15) is 5.75 Å². The van der Waals surface area contributed by atoms with Crippen LogP contribution in [-0.2, 0) is 17.8 Å². The van der Waals surface area contributed by atoms with Crippen molar-refractivity contribution in [3.63, 3.8) is 0 Å². The molecule has 4 N–H and O–H groups in total. The predicted molar refractivity (Wildman–Crippen MR) is 94.8 cm³/mol. The first kappa shape index (κ1) is 16.1. The molecule has 5 heteroatoms. The molecule has 0 aliphatic heterocycles. The first-order valence-corrected chi connectivity index (χ1v) is 7.89.